The number of carbonyl (C=O) groups is 1. The second kappa shape index (κ2) is 7.31. The second-order valence-corrected chi connectivity index (χ2v) is 5.63. The number of carbonyl (C=O) groups excluding carboxylic acids is 1. The summed E-state index contributed by atoms with van der Waals surface area (Å²) in [5, 5.41) is 0. The molecule has 2 aromatic rings. The quantitative estimate of drug-likeness (QED) is 0.493. The van der Waals surface area contributed by atoms with E-state index in [1.54, 1.807) is 18.3 Å². The van der Waals surface area contributed by atoms with Crippen molar-refractivity contribution in [1.82, 2.24) is 15.3 Å². The predicted molar refractivity (Wildman–Crippen MR) is 85.2 cm³/mol. The molecule has 0 unspecified atom stereocenters. The standard InChI is InChI=1S/C15H17BrN4O/c1-20(10-13-4-2-3-7-18-13)9-12-6-5-11(8-14(12)16)15(21)19-17/h2-8H,9-10,17H2,1H3,(H,19,21). The first-order chi connectivity index (χ1) is 10.1. The fourth-order valence-electron chi connectivity index (χ4n) is 2.02. The number of halogens is 1. The van der Waals surface area contributed by atoms with Gasteiger partial charge in [-0.25, -0.2) is 5.84 Å². The van der Waals surface area contributed by atoms with Gasteiger partial charge >= 0.3 is 0 Å². The van der Waals surface area contributed by atoms with E-state index in [4.69, 9.17) is 5.84 Å². The summed E-state index contributed by atoms with van der Waals surface area (Å²) in [6.07, 6.45) is 1.79. The fraction of sp³-hybridized carbons (Fsp3) is 0.200. The molecule has 21 heavy (non-hydrogen) atoms. The van der Waals surface area contributed by atoms with Gasteiger partial charge in [-0.2, -0.15) is 0 Å². The number of pyridine rings is 1. The van der Waals surface area contributed by atoms with E-state index in [-0.39, 0.29) is 5.91 Å². The van der Waals surface area contributed by atoms with E-state index < -0.39 is 0 Å². The van der Waals surface area contributed by atoms with Crippen LogP contribution < -0.4 is 11.3 Å². The van der Waals surface area contributed by atoms with Gasteiger partial charge in [-0.3, -0.25) is 20.1 Å². The fourth-order valence-corrected chi connectivity index (χ4v) is 2.52. The van der Waals surface area contributed by atoms with E-state index in [1.165, 1.54) is 0 Å². The van der Waals surface area contributed by atoms with E-state index in [1.807, 2.05) is 31.3 Å². The molecule has 2 rings (SSSR count). The molecule has 0 fully saturated rings. The molecular weight excluding hydrogens is 332 g/mol. The summed E-state index contributed by atoms with van der Waals surface area (Å²) in [5.41, 5.74) is 4.77. The van der Waals surface area contributed by atoms with Crippen LogP contribution in [0.5, 0.6) is 0 Å². The highest BCUT2D eigenvalue weighted by Gasteiger charge is 2.09. The molecule has 0 atom stereocenters. The van der Waals surface area contributed by atoms with Gasteiger partial charge in [0, 0.05) is 29.3 Å². The minimum atomic E-state index is -0.302. The Morgan fingerprint density at radius 3 is 2.76 bits per heavy atom. The van der Waals surface area contributed by atoms with Gasteiger partial charge in [-0.05, 0) is 36.9 Å². The van der Waals surface area contributed by atoms with Crippen molar-refractivity contribution in [2.75, 3.05) is 7.05 Å². The van der Waals surface area contributed by atoms with Crippen LogP contribution >= 0.6 is 15.9 Å². The third kappa shape index (κ3) is 4.35. The first-order valence-electron chi connectivity index (χ1n) is 6.48. The summed E-state index contributed by atoms with van der Waals surface area (Å²) in [7, 11) is 2.03. The van der Waals surface area contributed by atoms with Gasteiger partial charge in [0.05, 0.1) is 5.69 Å². The normalized spacial score (nSPS) is 10.7. The largest absolute Gasteiger partial charge is 0.296 e. The van der Waals surface area contributed by atoms with Crippen molar-refractivity contribution in [3.63, 3.8) is 0 Å². The molecule has 5 nitrogen and oxygen atoms in total. The molecule has 0 aliphatic heterocycles. The number of nitrogens with one attached hydrogen (secondary N) is 1. The molecule has 3 N–H and O–H groups in total. The Balaban J connectivity index is 2.04. The Hall–Kier alpha value is -1.76. The minimum Gasteiger partial charge on any atom is -0.296 e. The number of aromatic nitrogens is 1. The molecule has 0 saturated heterocycles. The molecule has 1 amide bonds. The van der Waals surface area contributed by atoms with Crippen LogP contribution in [0.2, 0.25) is 0 Å². The SMILES string of the molecule is CN(Cc1ccccn1)Cc1ccc(C(=O)NN)cc1Br. The van der Waals surface area contributed by atoms with Crippen LogP contribution in [0.4, 0.5) is 0 Å². The van der Waals surface area contributed by atoms with Gasteiger partial charge in [0.15, 0.2) is 0 Å². The highest BCUT2D eigenvalue weighted by atomic mass is 79.9. The summed E-state index contributed by atoms with van der Waals surface area (Å²) < 4.78 is 0.886. The average molecular weight is 349 g/mol. The maximum Gasteiger partial charge on any atom is 0.265 e. The molecule has 0 aliphatic rings. The van der Waals surface area contributed by atoms with E-state index >= 15 is 0 Å². The molecule has 0 radical (unpaired) electrons. The van der Waals surface area contributed by atoms with Gasteiger partial charge in [0.25, 0.3) is 5.91 Å². The van der Waals surface area contributed by atoms with E-state index in [9.17, 15) is 4.79 Å². The van der Waals surface area contributed by atoms with Crippen LogP contribution in [0.1, 0.15) is 21.6 Å². The number of hydrazine groups is 1. The molecule has 0 spiro atoms. The smallest absolute Gasteiger partial charge is 0.265 e. The Kier molecular flexibility index (Phi) is 5.44. The predicted octanol–water partition coefficient (Wildman–Crippen LogP) is 2.08. The molecule has 1 aromatic carbocycles. The van der Waals surface area contributed by atoms with Crippen molar-refractivity contribution < 1.29 is 4.79 Å². The molecule has 1 aromatic heterocycles. The number of amides is 1. The molecular formula is C15H17BrN4O. The molecule has 0 saturated carbocycles. The Morgan fingerprint density at radius 2 is 2.14 bits per heavy atom. The van der Waals surface area contributed by atoms with Gasteiger partial charge in [-0.1, -0.05) is 28.1 Å². The van der Waals surface area contributed by atoms with E-state index in [0.717, 1.165) is 28.8 Å². The number of benzene rings is 1. The number of hydrogen-bond donors (Lipinski definition) is 2. The third-order valence-electron chi connectivity index (χ3n) is 3.04. The second-order valence-electron chi connectivity index (χ2n) is 4.77. The molecule has 0 bridgehead atoms. The number of hydrogen-bond acceptors (Lipinski definition) is 4. The zero-order valence-corrected chi connectivity index (χ0v) is 13.3. The highest BCUT2D eigenvalue weighted by molar-refractivity contribution is 9.10. The zero-order valence-electron chi connectivity index (χ0n) is 11.7. The van der Waals surface area contributed by atoms with Crippen LogP contribution in [0, 0.1) is 0 Å². The average Bonchev–Trinajstić information content (AvgIpc) is 2.49. The van der Waals surface area contributed by atoms with Crippen LogP contribution in [-0.4, -0.2) is 22.8 Å². The van der Waals surface area contributed by atoms with E-state index in [0.29, 0.717) is 5.56 Å². The Labute approximate surface area is 132 Å². The topological polar surface area (TPSA) is 71.2 Å². The zero-order chi connectivity index (χ0) is 15.2. The van der Waals surface area contributed by atoms with Crippen LogP contribution in [-0.2, 0) is 13.1 Å². The number of nitrogen functional groups attached to an aromatic ring is 1. The lowest BCUT2D eigenvalue weighted by Gasteiger charge is -2.17. The van der Waals surface area contributed by atoms with Crippen LogP contribution in [0.3, 0.4) is 0 Å². The summed E-state index contributed by atoms with van der Waals surface area (Å²) in [5.74, 6) is 4.83. The first kappa shape index (κ1) is 15.6. The lowest BCUT2D eigenvalue weighted by molar-refractivity contribution is 0.0953. The number of nitrogens with two attached hydrogens (primary N) is 1. The van der Waals surface area contributed by atoms with Crippen molar-refractivity contribution in [3.8, 4) is 0 Å². The number of nitrogens with zero attached hydrogens (tertiary/aromatic N) is 2. The third-order valence-corrected chi connectivity index (χ3v) is 3.78. The van der Waals surface area contributed by atoms with Gasteiger partial charge < -0.3 is 0 Å². The highest BCUT2D eigenvalue weighted by Crippen LogP contribution is 2.20. The van der Waals surface area contributed by atoms with Crippen LogP contribution in [0.25, 0.3) is 0 Å². The van der Waals surface area contributed by atoms with Gasteiger partial charge in [-0.15, -0.1) is 0 Å². The maximum atomic E-state index is 11.5. The van der Waals surface area contributed by atoms with Crippen molar-refractivity contribution in [1.29, 1.82) is 0 Å². The lowest BCUT2D eigenvalue weighted by atomic mass is 10.1. The summed E-state index contributed by atoms with van der Waals surface area (Å²) in [4.78, 5) is 17.9. The molecule has 0 aliphatic carbocycles. The monoisotopic (exact) mass is 348 g/mol. The van der Waals surface area contributed by atoms with Crippen molar-refractivity contribution in [2.24, 2.45) is 5.84 Å². The van der Waals surface area contributed by atoms with Crippen molar-refractivity contribution >= 4 is 21.8 Å². The first-order valence-corrected chi connectivity index (χ1v) is 7.27. The summed E-state index contributed by atoms with van der Waals surface area (Å²) >= 11 is 3.50. The van der Waals surface area contributed by atoms with E-state index in [2.05, 4.69) is 31.2 Å². The maximum absolute atomic E-state index is 11.5. The number of rotatable bonds is 5. The molecule has 110 valence electrons. The summed E-state index contributed by atoms with van der Waals surface area (Å²) in [6.45, 7) is 1.51. The molecule has 6 heteroatoms. The van der Waals surface area contributed by atoms with Crippen molar-refractivity contribution in [3.05, 3.63) is 63.9 Å². The Bertz CT molecular complexity index is 618. The van der Waals surface area contributed by atoms with Crippen molar-refractivity contribution in [2.45, 2.75) is 13.1 Å². The summed E-state index contributed by atoms with van der Waals surface area (Å²) in [6, 6.07) is 11.3. The van der Waals surface area contributed by atoms with Crippen LogP contribution in [0.15, 0.2) is 47.1 Å². The molecule has 1 heterocycles. The van der Waals surface area contributed by atoms with Gasteiger partial charge in [0.1, 0.15) is 0 Å². The van der Waals surface area contributed by atoms with Gasteiger partial charge in [0.2, 0.25) is 0 Å². The minimum absolute atomic E-state index is 0.302. The Morgan fingerprint density at radius 1 is 1.33 bits per heavy atom. The lowest BCUT2D eigenvalue weighted by Crippen LogP contribution is -2.30.